The van der Waals surface area contributed by atoms with E-state index in [0.29, 0.717) is 31.1 Å². The van der Waals surface area contributed by atoms with E-state index < -0.39 is 12.2 Å². The molecule has 0 bridgehead atoms. The van der Waals surface area contributed by atoms with Gasteiger partial charge in [0.2, 0.25) is 0 Å². The van der Waals surface area contributed by atoms with Gasteiger partial charge in [0.1, 0.15) is 11.5 Å². The summed E-state index contributed by atoms with van der Waals surface area (Å²) < 4.78 is 11.1. The van der Waals surface area contributed by atoms with Crippen molar-refractivity contribution in [2.75, 3.05) is 34.7 Å². The Balaban J connectivity index is 1.65. The SMILES string of the molecule is C#CCN(Cc1ccc(OC(=O)N(C)C)c2cccnc12)Cc1ccc(OC(=O)N(C)C)c2cccnc12. The molecule has 0 unspecified atom stereocenters. The van der Waals surface area contributed by atoms with E-state index in [9.17, 15) is 9.59 Å². The summed E-state index contributed by atoms with van der Waals surface area (Å²) in [5.74, 6) is 3.62. The molecule has 9 nitrogen and oxygen atoms in total. The number of terminal acetylenes is 1. The van der Waals surface area contributed by atoms with Crippen LogP contribution >= 0.6 is 0 Å². The lowest BCUT2D eigenvalue weighted by molar-refractivity contribution is 0.171. The second kappa shape index (κ2) is 11.6. The molecule has 2 aromatic carbocycles. The van der Waals surface area contributed by atoms with E-state index in [0.717, 1.165) is 32.9 Å². The second-order valence-corrected chi connectivity index (χ2v) is 9.12. The van der Waals surface area contributed by atoms with E-state index in [4.69, 9.17) is 15.9 Å². The van der Waals surface area contributed by atoms with Gasteiger partial charge in [-0.15, -0.1) is 6.42 Å². The molecule has 0 atom stereocenters. The van der Waals surface area contributed by atoms with Crippen molar-refractivity contribution in [1.82, 2.24) is 24.7 Å². The molecule has 0 aliphatic heterocycles. The molecule has 4 aromatic rings. The van der Waals surface area contributed by atoms with Gasteiger partial charge >= 0.3 is 12.2 Å². The van der Waals surface area contributed by atoms with Crippen LogP contribution in [0.4, 0.5) is 9.59 Å². The van der Waals surface area contributed by atoms with Crippen LogP contribution in [0.15, 0.2) is 60.9 Å². The molecule has 0 aliphatic carbocycles. The Kier molecular flexibility index (Phi) is 8.04. The first kappa shape index (κ1) is 26.4. The normalized spacial score (nSPS) is 10.8. The van der Waals surface area contributed by atoms with Gasteiger partial charge < -0.3 is 19.3 Å². The van der Waals surface area contributed by atoms with E-state index in [2.05, 4.69) is 20.8 Å². The highest BCUT2D eigenvalue weighted by atomic mass is 16.6. The van der Waals surface area contributed by atoms with Gasteiger partial charge in [0.15, 0.2) is 0 Å². The number of benzene rings is 2. The maximum Gasteiger partial charge on any atom is 0.414 e. The second-order valence-electron chi connectivity index (χ2n) is 9.12. The summed E-state index contributed by atoms with van der Waals surface area (Å²) in [6.07, 6.45) is 8.22. The number of rotatable bonds is 7. The molecule has 0 aliphatic rings. The fourth-order valence-corrected chi connectivity index (χ4v) is 3.99. The number of carbonyl (C=O) groups is 2. The van der Waals surface area contributed by atoms with E-state index in [-0.39, 0.29) is 0 Å². The predicted molar refractivity (Wildman–Crippen MR) is 146 cm³/mol. The summed E-state index contributed by atoms with van der Waals surface area (Å²) >= 11 is 0. The van der Waals surface area contributed by atoms with Gasteiger partial charge in [0.05, 0.1) is 17.6 Å². The van der Waals surface area contributed by atoms with Gasteiger partial charge in [-0.05, 0) is 47.5 Å². The number of ether oxygens (including phenoxy) is 2. The third-order valence-electron chi connectivity index (χ3n) is 5.85. The molecule has 9 heteroatoms. The number of aromatic nitrogens is 2. The lowest BCUT2D eigenvalue weighted by Gasteiger charge is -2.22. The highest BCUT2D eigenvalue weighted by Crippen LogP contribution is 2.31. The first-order valence-electron chi connectivity index (χ1n) is 12.0. The quantitative estimate of drug-likeness (QED) is 0.337. The first-order chi connectivity index (χ1) is 18.3. The summed E-state index contributed by atoms with van der Waals surface area (Å²) in [7, 11) is 6.52. The number of pyridine rings is 2. The molecule has 0 fully saturated rings. The van der Waals surface area contributed by atoms with Gasteiger partial charge in [0.25, 0.3) is 0 Å². The van der Waals surface area contributed by atoms with Crippen LogP contribution in [-0.4, -0.2) is 71.6 Å². The van der Waals surface area contributed by atoms with Crippen molar-refractivity contribution in [1.29, 1.82) is 0 Å². The van der Waals surface area contributed by atoms with Crippen LogP contribution in [0, 0.1) is 12.3 Å². The van der Waals surface area contributed by atoms with E-state index in [1.54, 1.807) is 64.8 Å². The highest BCUT2D eigenvalue weighted by Gasteiger charge is 2.17. The van der Waals surface area contributed by atoms with Crippen LogP contribution < -0.4 is 9.47 Å². The molecule has 0 saturated heterocycles. The third-order valence-corrected chi connectivity index (χ3v) is 5.85. The van der Waals surface area contributed by atoms with Gasteiger partial charge in [0, 0.05) is 64.4 Å². The molecule has 194 valence electrons. The van der Waals surface area contributed by atoms with Crippen molar-refractivity contribution in [2.45, 2.75) is 13.1 Å². The zero-order chi connectivity index (χ0) is 27.2. The number of hydrogen-bond acceptors (Lipinski definition) is 7. The highest BCUT2D eigenvalue weighted by molar-refractivity contribution is 5.90. The van der Waals surface area contributed by atoms with Crippen molar-refractivity contribution in [2.24, 2.45) is 0 Å². The number of amides is 2. The Bertz CT molecular complexity index is 1420. The lowest BCUT2D eigenvalue weighted by atomic mass is 10.1. The van der Waals surface area contributed by atoms with E-state index >= 15 is 0 Å². The van der Waals surface area contributed by atoms with Crippen LogP contribution in [-0.2, 0) is 13.1 Å². The van der Waals surface area contributed by atoms with Crippen LogP contribution in [0.3, 0.4) is 0 Å². The maximum atomic E-state index is 12.1. The van der Waals surface area contributed by atoms with Crippen LogP contribution in [0.25, 0.3) is 21.8 Å². The number of hydrogen-bond donors (Lipinski definition) is 0. The zero-order valence-corrected chi connectivity index (χ0v) is 21.8. The summed E-state index contributed by atoms with van der Waals surface area (Å²) in [5.41, 5.74) is 3.34. The monoisotopic (exact) mass is 511 g/mol. The number of fused-ring (bicyclic) bond motifs is 2. The predicted octanol–water partition coefficient (Wildman–Crippen LogP) is 4.54. The first-order valence-corrected chi connectivity index (χ1v) is 12.0. The molecule has 2 amide bonds. The Morgan fingerprint density at radius 1 is 0.763 bits per heavy atom. The molecule has 0 radical (unpaired) electrons. The van der Waals surface area contributed by atoms with Crippen molar-refractivity contribution in [3.05, 3.63) is 72.1 Å². The van der Waals surface area contributed by atoms with Gasteiger partial charge in [-0.25, -0.2) is 9.59 Å². The number of nitrogens with zero attached hydrogens (tertiary/aromatic N) is 5. The maximum absolute atomic E-state index is 12.1. The fourth-order valence-electron chi connectivity index (χ4n) is 3.99. The van der Waals surface area contributed by atoms with Crippen molar-refractivity contribution in [3.8, 4) is 23.8 Å². The summed E-state index contributed by atoms with van der Waals surface area (Å²) in [6.45, 7) is 1.40. The van der Waals surface area contributed by atoms with Crippen molar-refractivity contribution >= 4 is 34.0 Å². The standard InChI is InChI=1S/C29H29N5O4/c1-6-17-34(18-20-11-13-24(37-28(35)32(2)3)22-9-7-15-30-26(20)22)19-21-12-14-25(38-29(36)33(4)5)23-10-8-16-31-27(21)23/h1,7-16H,17-19H2,2-5H3. The summed E-state index contributed by atoms with van der Waals surface area (Å²) in [6, 6.07) is 14.7. The van der Waals surface area contributed by atoms with Crippen LogP contribution in [0.1, 0.15) is 11.1 Å². The Labute approximate surface area is 221 Å². The average molecular weight is 512 g/mol. The third kappa shape index (κ3) is 5.82. The van der Waals surface area contributed by atoms with Gasteiger partial charge in [-0.2, -0.15) is 0 Å². The molecule has 2 aromatic heterocycles. The molecular formula is C29H29N5O4. The summed E-state index contributed by atoms with van der Waals surface area (Å²) in [5, 5.41) is 1.47. The van der Waals surface area contributed by atoms with Crippen molar-refractivity contribution < 1.29 is 19.1 Å². The zero-order valence-electron chi connectivity index (χ0n) is 21.8. The average Bonchev–Trinajstić information content (AvgIpc) is 2.91. The smallest absolute Gasteiger partial charge is 0.409 e. The Morgan fingerprint density at radius 3 is 1.61 bits per heavy atom. The molecule has 38 heavy (non-hydrogen) atoms. The molecule has 4 rings (SSSR count). The van der Waals surface area contributed by atoms with Gasteiger partial charge in [-0.1, -0.05) is 18.1 Å². The Morgan fingerprint density at radius 2 is 1.21 bits per heavy atom. The van der Waals surface area contributed by atoms with Gasteiger partial charge in [-0.3, -0.25) is 14.9 Å². The van der Waals surface area contributed by atoms with Crippen LogP contribution in [0.5, 0.6) is 11.5 Å². The fraction of sp³-hybridized carbons (Fsp3) is 0.241. The number of carbonyl (C=O) groups excluding carboxylic acids is 2. The van der Waals surface area contributed by atoms with Crippen molar-refractivity contribution in [3.63, 3.8) is 0 Å². The molecule has 0 spiro atoms. The topological polar surface area (TPSA) is 88.1 Å². The minimum atomic E-state index is -0.462. The molecular weight excluding hydrogens is 482 g/mol. The van der Waals surface area contributed by atoms with E-state index in [1.165, 1.54) is 9.80 Å². The van der Waals surface area contributed by atoms with E-state index in [1.807, 2.05) is 24.3 Å². The molecule has 0 saturated carbocycles. The molecule has 0 N–H and O–H groups in total. The minimum absolute atomic E-state index is 0.386. The minimum Gasteiger partial charge on any atom is -0.409 e. The largest absolute Gasteiger partial charge is 0.414 e. The summed E-state index contributed by atoms with van der Waals surface area (Å²) in [4.78, 5) is 38.3. The lowest BCUT2D eigenvalue weighted by Crippen LogP contribution is -2.26. The molecule has 2 heterocycles. The Hall–Kier alpha value is -4.68. The van der Waals surface area contributed by atoms with Crippen LogP contribution in [0.2, 0.25) is 0 Å².